The fourth-order valence-corrected chi connectivity index (χ4v) is 5.59. The highest BCUT2D eigenvalue weighted by Crippen LogP contribution is 2.47. The minimum absolute atomic E-state index is 0.188. The SMILES string of the molecule is CCCCC(C)CC(CC(C)CCCC)(c1ccc(O)c(Br)c1)c1ccc(O)c(Br)c1. The van der Waals surface area contributed by atoms with Crippen molar-refractivity contribution in [1.82, 2.24) is 0 Å². The van der Waals surface area contributed by atoms with Crippen molar-refractivity contribution in [3.8, 4) is 11.5 Å². The van der Waals surface area contributed by atoms with Crippen molar-refractivity contribution in [3.05, 3.63) is 56.5 Å². The molecule has 172 valence electrons. The number of benzene rings is 2. The van der Waals surface area contributed by atoms with E-state index in [0.29, 0.717) is 11.8 Å². The summed E-state index contributed by atoms with van der Waals surface area (Å²) in [5.74, 6) is 1.67. The first-order valence-corrected chi connectivity index (χ1v) is 13.3. The summed E-state index contributed by atoms with van der Waals surface area (Å²) in [5, 5.41) is 20.3. The van der Waals surface area contributed by atoms with Gasteiger partial charge in [0.2, 0.25) is 0 Å². The lowest BCUT2D eigenvalue weighted by atomic mass is 9.64. The van der Waals surface area contributed by atoms with Crippen molar-refractivity contribution >= 4 is 31.9 Å². The van der Waals surface area contributed by atoms with Crippen molar-refractivity contribution in [2.45, 2.75) is 84.5 Å². The first-order valence-electron chi connectivity index (χ1n) is 11.7. The predicted octanol–water partition coefficient (Wildman–Crippen LogP) is 9.34. The van der Waals surface area contributed by atoms with Crippen molar-refractivity contribution < 1.29 is 10.2 Å². The third-order valence-electron chi connectivity index (χ3n) is 6.50. The Morgan fingerprint density at radius 3 is 1.45 bits per heavy atom. The van der Waals surface area contributed by atoms with Crippen LogP contribution in [0.15, 0.2) is 45.3 Å². The van der Waals surface area contributed by atoms with Crippen LogP contribution in [0.3, 0.4) is 0 Å². The predicted molar refractivity (Wildman–Crippen MR) is 139 cm³/mol. The Labute approximate surface area is 205 Å². The Kier molecular flexibility index (Phi) is 10.4. The molecular formula is C27H38Br2O2. The van der Waals surface area contributed by atoms with E-state index in [4.69, 9.17) is 0 Å². The van der Waals surface area contributed by atoms with Crippen LogP contribution in [-0.2, 0) is 5.41 Å². The third kappa shape index (κ3) is 6.99. The zero-order chi connectivity index (χ0) is 23.0. The number of halogens is 2. The number of aromatic hydroxyl groups is 2. The molecule has 0 saturated carbocycles. The number of phenols is 2. The number of unbranched alkanes of at least 4 members (excludes halogenated alkanes) is 2. The number of phenolic OH excluding ortho intramolecular Hbond substituents is 2. The highest BCUT2D eigenvalue weighted by molar-refractivity contribution is 9.10. The fraction of sp³-hybridized carbons (Fsp3) is 0.556. The van der Waals surface area contributed by atoms with Crippen LogP contribution in [0.1, 0.15) is 90.2 Å². The summed E-state index contributed by atoms with van der Waals surface area (Å²) in [7, 11) is 0. The molecule has 2 nitrogen and oxygen atoms in total. The molecule has 4 heteroatoms. The largest absolute Gasteiger partial charge is 0.507 e. The molecule has 0 spiro atoms. The maximum atomic E-state index is 10.2. The van der Waals surface area contributed by atoms with Gasteiger partial charge in [-0.3, -0.25) is 0 Å². The van der Waals surface area contributed by atoms with Crippen molar-refractivity contribution in [1.29, 1.82) is 0 Å². The van der Waals surface area contributed by atoms with E-state index in [1.807, 2.05) is 0 Å². The van der Waals surface area contributed by atoms with Crippen LogP contribution in [0.4, 0.5) is 0 Å². The maximum absolute atomic E-state index is 10.2. The molecule has 0 fully saturated rings. The molecule has 0 aliphatic rings. The molecule has 2 unspecified atom stereocenters. The average molecular weight is 554 g/mol. The van der Waals surface area contributed by atoms with Crippen molar-refractivity contribution in [2.24, 2.45) is 11.8 Å². The van der Waals surface area contributed by atoms with E-state index in [1.165, 1.54) is 49.7 Å². The quantitative estimate of drug-likeness (QED) is 0.275. The molecule has 0 heterocycles. The number of hydrogen-bond acceptors (Lipinski definition) is 2. The van der Waals surface area contributed by atoms with E-state index >= 15 is 0 Å². The van der Waals surface area contributed by atoms with Gasteiger partial charge in [-0.25, -0.2) is 0 Å². The lowest BCUT2D eigenvalue weighted by Gasteiger charge is -2.40. The molecule has 2 rings (SSSR count). The van der Waals surface area contributed by atoms with Crippen LogP contribution in [0.5, 0.6) is 11.5 Å². The summed E-state index contributed by atoms with van der Waals surface area (Å²) < 4.78 is 1.46. The van der Waals surface area contributed by atoms with E-state index in [0.717, 1.165) is 21.8 Å². The first kappa shape index (κ1) is 26.3. The Bertz CT molecular complexity index is 764. The molecule has 0 bridgehead atoms. The van der Waals surface area contributed by atoms with Gasteiger partial charge in [0, 0.05) is 5.41 Å². The minimum Gasteiger partial charge on any atom is -0.507 e. The smallest absolute Gasteiger partial charge is 0.129 e. The van der Waals surface area contributed by atoms with E-state index in [-0.39, 0.29) is 16.9 Å². The molecule has 0 amide bonds. The number of rotatable bonds is 12. The monoisotopic (exact) mass is 552 g/mol. The molecule has 0 saturated heterocycles. The molecule has 31 heavy (non-hydrogen) atoms. The molecule has 2 atom stereocenters. The second kappa shape index (κ2) is 12.3. The lowest BCUT2D eigenvalue weighted by molar-refractivity contribution is 0.289. The van der Waals surface area contributed by atoms with E-state index in [9.17, 15) is 10.2 Å². The van der Waals surface area contributed by atoms with Gasteiger partial charge in [-0.15, -0.1) is 0 Å². The highest BCUT2D eigenvalue weighted by Gasteiger charge is 2.37. The molecule has 0 aliphatic heterocycles. The second-order valence-electron chi connectivity index (χ2n) is 9.32. The van der Waals surface area contributed by atoms with Crippen molar-refractivity contribution in [2.75, 3.05) is 0 Å². The normalized spacial score (nSPS) is 13.9. The fourth-order valence-electron chi connectivity index (χ4n) is 4.83. The van der Waals surface area contributed by atoms with Gasteiger partial charge in [-0.2, -0.15) is 0 Å². The Hall–Kier alpha value is -1.00. The van der Waals surface area contributed by atoms with Gasteiger partial charge in [0.15, 0.2) is 0 Å². The van der Waals surface area contributed by atoms with Crippen LogP contribution in [0, 0.1) is 11.8 Å². The molecular weight excluding hydrogens is 516 g/mol. The molecule has 0 radical (unpaired) electrons. The van der Waals surface area contributed by atoms with Crippen LogP contribution >= 0.6 is 31.9 Å². The topological polar surface area (TPSA) is 40.5 Å². The lowest BCUT2D eigenvalue weighted by Crippen LogP contribution is -2.32. The van der Waals surface area contributed by atoms with E-state index in [1.54, 1.807) is 12.1 Å². The molecule has 0 aliphatic carbocycles. The van der Waals surface area contributed by atoms with Crippen LogP contribution in [-0.4, -0.2) is 10.2 Å². The summed E-state index contributed by atoms with van der Waals surface area (Å²) in [5.41, 5.74) is 2.26. The van der Waals surface area contributed by atoms with Gasteiger partial charge in [0.25, 0.3) is 0 Å². The van der Waals surface area contributed by atoms with Gasteiger partial charge in [-0.05, 0) is 91.9 Å². The summed E-state index contributed by atoms with van der Waals surface area (Å²) >= 11 is 7.11. The highest BCUT2D eigenvalue weighted by atomic mass is 79.9. The van der Waals surface area contributed by atoms with Crippen LogP contribution < -0.4 is 0 Å². The van der Waals surface area contributed by atoms with E-state index < -0.39 is 0 Å². The number of hydrogen-bond donors (Lipinski definition) is 2. The Morgan fingerprint density at radius 1 is 0.742 bits per heavy atom. The molecule has 2 aromatic carbocycles. The zero-order valence-electron chi connectivity index (χ0n) is 19.4. The summed E-state index contributed by atoms with van der Waals surface area (Å²) in [4.78, 5) is 0. The van der Waals surface area contributed by atoms with E-state index in [2.05, 4.69) is 83.8 Å². The van der Waals surface area contributed by atoms with Crippen LogP contribution in [0.25, 0.3) is 0 Å². The molecule has 2 N–H and O–H groups in total. The van der Waals surface area contributed by atoms with Gasteiger partial charge < -0.3 is 10.2 Å². The maximum Gasteiger partial charge on any atom is 0.129 e. The van der Waals surface area contributed by atoms with Gasteiger partial charge in [0.05, 0.1) is 8.95 Å². The zero-order valence-corrected chi connectivity index (χ0v) is 22.6. The Balaban J connectivity index is 2.64. The van der Waals surface area contributed by atoms with Gasteiger partial charge in [-0.1, -0.05) is 78.4 Å². The summed E-state index contributed by atoms with van der Waals surface area (Å²) in [6, 6.07) is 12.0. The average Bonchev–Trinajstić information content (AvgIpc) is 2.74. The first-order chi connectivity index (χ1) is 14.7. The van der Waals surface area contributed by atoms with Crippen molar-refractivity contribution in [3.63, 3.8) is 0 Å². The van der Waals surface area contributed by atoms with Crippen LogP contribution in [0.2, 0.25) is 0 Å². The standard InChI is InChI=1S/C27H38Br2O2/c1-5-7-9-19(3)17-27(18-20(4)10-8-6-2,21-11-13-25(30)23(28)15-21)22-12-14-26(31)24(29)16-22/h11-16,19-20,30-31H,5-10,17-18H2,1-4H3. The summed E-state index contributed by atoms with van der Waals surface area (Å²) in [6.07, 6.45) is 9.39. The molecule has 2 aromatic rings. The Morgan fingerprint density at radius 2 is 1.13 bits per heavy atom. The molecule has 0 aromatic heterocycles. The second-order valence-corrected chi connectivity index (χ2v) is 11.0. The minimum atomic E-state index is -0.188. The van der Waals surface area contributed by atoms with Gasteiger partial charge in [0.1, 0.15) is 11.5 Å². The van der Waals surface area contributed by atoms with Gasteiger partial charge >= 0.3 is 0 Å². The third-order valence-corrected chi connectivity index (χ3v) is 7.77. The summed E-state index contributed by atoms with van der Waals surface area (Å²) in [6.45, 7) is 9.24.